The fraction of sp³-hybridized carbons (Fsp3) is 0.364. The van der Waals surface area contributed by atoms with Crippen LogP contribution in [0.4, 0.5) is 8.78 Å². The summed E-state index contributed by atoms with van der Waals surface area (Å²) in [4.78, 5) is 27.0. The van der Waals surface area contributed by atoms with Gasteiger partial charge >= 0.3 is 0 Å². The van der Waals surface area contributed by atoms with Crippen molar-refractivity contribution in [1.82, 2.24) is 10.2 Å². The van der Waals surface area contributed by atoms with E-state index in [0.29, 0.717) is 5.56 Å². The molecule has 0 aromatic heterocycles. The first kappa shape index (κ1) is 21.5. The average Bonchev–Trinajstić information content (AvgIpc) is 2.68. The number of nitrogens with zero attached hydrogens (tertiary/aromatic N) is 1. The average molecular weight is 388 g/mol. The highest BCUT2D eigenvalue weighted by atomic mass is 19.1. The van der Waals surface area contributed by atoms with Crippen molar-refractivity contribution in [3.63, 3.8) is 0 Å². The molecule has 0 bridgehead atoms. The Morgan fingerprint density at radius 1 is 0.929 bits per heavy atom. The van der Waals surface area contributed by atoms with Gasteiger partial charge in [0.05, 0.1) is 6.42 Å². The van der Waals surface area contributed by atoms with Crippen molar-refractivity contribution in [2.45, 2.75) is 52.2 Å². The van der Waals surface area contributed by atoms with E-state index in [2.05, 4.69) is 5.32 Å². The predicted octanol–water partition coefficient (Wildman–Crippen LogP) is 3.84. The van der Waals surface area contributed by atoms with E-state index in [-0.39, 0.29) is 42.5 Å². The molecule has 6 heteroatoms. The molecule has 2 rings (SSSR count). The third-order valence-corrected chi connectivity index (χ3v) is 4.70. The van der Waals surface area contributed by atoms with E-state index in [1.54, 1.807) is 31.2 Å². The molecule has 1 N–H and O–H groups in total. The lowest BCUT2D eigenvalue weighted by atomic mass is 10.1. The zero-order valence-electron chi connectivity index (χ0n) is 16.4. The SMILES string of the molecule is CC[C@H](C)NC(=O)[C@H](C)N(Cc1ccc(F)cc1)C(=O)Cc1ccc(F)cc1. The van der Waals surface area contributed by atoms with Gasteiger partial charge in [-0.1, -0.05) is 31.2 Å². The Labute approximate surface area is 164 Å². The molecule has 0 aliphatic heterocycles. The first-order valence-corrected chi connectivity index (χ1v) is 9.39. The lowest BCUT2D eigenvalue weighted by Crippen LogP contribution is -2.49. The monoisotopic (exact) mass is 388 g/mol. The van der Waals surface area contributed by atoms with Gasteiger partial charge in [-0.3, -0.25) is 9.59 Å². The van der Waals surface area contributed by atoms with Gasteiger partial charge in [-0.15, -0.1) is 0 Å². The molecule has 2 aromatic carbocycles. The molecule has 28 heavy (non-hydrogen) atoms. The Bertz CT molecular complexity index is 791. The number of carbonyl (C=O) groups is 2. The molecule has 150 valence electrons. The second-order valence-corrected chi connectivity index (χ2v) is 6.95. The lowest BCUT2D eigenvalue weighted by Gasteiger charge is -2.29. The van der Waals surface area contributed by atoms with Crippen molar-refractivity contribution in [2.75, 3.05) is 0 Å². The smallest absolute Gasteiger partial charge is 0.242 e. The van der Waals surface area contributed by atoms with E-state index in [9.17, 15) is 18.4 Å². The van der Waals surface area contributed by atoms with Crippen LogP contribution in [0.3, 0.4) is 0 Å². The molecule has 0 saturated carbocycles. The van der Waals surface area contributed by atoms with Crippen LogP contribution in [-0.4, -0.2) is 28.8 Å². The molecule has 0 fully saturated rings. The molecule has 0 unspecified atom stereocenters. The van der Waals surface area contributed by atoms with Crippen LogP contribution in [0.5, 0.6) is 0 Å². The van der Waals surface area contributed by atoms with Crippen molar-refractivity contribution >= 4 is 11.8 Å². The number of halogens is 2. The third kappa shape index (κ3) is 6.15. The van der Waals surface area contributed by atoms with Crippen LogP contribution in [0, 0.1) is 11.6 Å². The van der Waals surface area contributed by atoms with Crippen LogP contribution in [0.15, 0.2) is 48.5 Å². The Morgan fingerprint density at radius 2 is 1.43 bits per heavy atom. The van der Waals surface area contributed by atoms with Crippen LogP contribution < -0.4 is 5.32 Å². The van der Waals surface area contributed by atoms with Gasteiger partial charge in [-0.2, -0.15) is 0 Å². The van der Waals surface area contributed by atoms with E-state index in [0.717, 1.165) is 12.0 Å². The standard InChI is InChI=1S/C22H26F2N2O2/c1-4-15(2)25-22(28)16(3)26(14-18-7-11-20(24)12-8-18)21(27)13-17-5-9-19(23)10-6-17/h5-12,15-16H,4,13-14H2,1-3H3,(H,25,28)/t15-,16-/m0/s1. The maximum atomic E-state index is 13.2. The highest BCUT2D eigenvalue weighted by molar-refractivity contribution is 5.88. The van der Waals surface area contributed by atoms with E-state index in [1.165, 1.54) is 29.2 Å². The van der Waals surface area contributed by atoms with Gasteiger partial charge in [0.2, 0.25) is 11.8 Å². The molecule has 0 radical (unpaired) electrons. The molecule has 0 aliphatic rings. The molecule has 0 saturated heterocycles. The number of nitrogens with one attached hydrogen (secondary N) is 1. The number of benzene rings is 2. The van der Waals surface area contributed by atoms with Crippen LogP contribution in [-0.2, 0) is 22.6 Å². The second-order valence-electron chi connectivity index (χ2n) is 6.95. The summed E-state index contributed by atoms with van der Waals surface area (Å²) >= 11 is 0. The first-order chi connectivity index (χ1) is 13.3. The van der Waals surface area contributed by atoms with E-state index in [4.69, 9.17) is 0 Å². The fourth-order valence-corrected chi connectivity index (χ4v) is 2.71. The van der Waals surface area contributed by atoms with Crippen molar-refractivity contribution in [2.24, 2.45) is 0 Å². The summed E-state index contributed by atoms with van der Waals surface area (Å²) in [5, 5.41) is 2.89. The first-order valence-electron chi connectivity index (χ1n) is 9.39. The minimum atomic E-state index is -0.702. The molecule has 2 aromatic rings. The molecular weight excluding hydrogens is 362 g/mol. The van der Waals surface area contributed by atoms with Gasteiger partial charge in [0.25, 0.3) is 0 Å². The molecule has 2 amide bonds. The van der Waals surface area contributed by atoms with Crippen molar-refractivity contribution in [3.05, 3.63) is 71.3 Å². The minimum Gasteiger partial charge on any atom is -0.352 e. The highest BCUT2D eigenvalue weighted by Crippen LogP contribution is 2.14. The normalized spacial score (nSPS) is 12.9. The summed E-state index contributed by atoms with van der Waals surface area (Å²) in [6.45, 7) is 5.71. The van der Waals surface area contributed by atoms with E-state index >= 15 is 0 Å². The number of amides is 2. The van der Waals surface area contributed by atoms with Crippen molar-refractivity contribution in [1.29, 1.82) is 0 Å². The van der Waals surface area contributed by atoms with Gasteiger partial charge in [0.15, 0.2) is 0 Å². The summed E-state index contributed by atoms with van der Waals surface area (Å²) in [5.74, 6) is -1.25. The van der Waals surface area contributed by atoms with Crippen LogP contribution in [0.25, 0.3) is 0 Å². The number of carbonyl (C=O) groups excluding carboxylic acids is 2. The van der Waals surface area contributed by atoms with Crippen LogP contribution >= 0.6 is 0 Å². The number of hydrogen-bond acceptors (Lipinski definition) is 2. The molecular formula is C22H26F2N2O2. The Hall–Kier alpha value is -2.76. The molecule has 2 atom stereocenters. The molecule has 0 heterocycles. The fourth-order valence-electron chi connectivity index (χ4n) is 2.71. The predicted molar refractivity (Wildman–Crippen MR) is 104 cm³/mol. The maximum Gasteiger partial charge on any atom is 0.242 e. The quantitative estimate of drug-likeness (QED) is 0.747. The van der Waals surface area contributed by atoms with E-state index in [1.807, 2.05) is 13.8 Å². The third-order valence-electron chi connectivity index (χ3n) is 4.70. The summed E-state index contributed by atoms with van der Waals surface area (Å²) in [6.07, 6.45) is 0.822. The molecule has 0 aliphatic carbocycles. The summed E-state index contributed by atoms with van der Waals surface area (Å²) < 4.78 is 26.3. The van der Waals surface area contributed by atoms with Gasteiger partial charge in [-0.05, 0) is 55.7 Å². The number of hydrogen-bond donors (Lipinski definition) is 1. The number of rotatable bonds is 8. The summed E-state index contributed by atoms with van der Waals surface area (Å²) in [7, 11) is 0. The zero-order valence-corrected chi connectivity index (χ0v) is 16.4. The van der Waals surface area contributed by atoms with Crippen molar-refractivity contribution < 1.29 is 18.4 Å². The highest BCUT2D eigenvalue weighted by Gasteiger charge is 2.26. The topological polar surface area (TPSA) is 49.4 Å². The van der Waals surface area contributed by atoms with Gasteiger partial charge in [0, 0.05) is 12.6 Å². The van der Waals surface area contributed by atoms with Crippen LogP contribution in [0.1, 0.15) is 38.3 Å². The van der Waals surface area contributed by atoms with Gasteiger partial charge < -0.3 is 10.2 Å². The lowest BCUT2D eigenvalue weighted by molar-refractivity contribution is -0.140. The molecule has 0 spiro atoms. The van der Waals surface area contributed by atoms with Crippen molar-refractivity contribution in [3.8, 4) is 0 Å². The molecule has 4 nitrogen and oxygen atoms in total. The minimum absolute atomic E-state index is 0.00479. The Balaban J connectivity index is 2.20. The largest absolute Gasteiger partial charge is 0.352 e. The van der Waals surface area contributed by atoms with Gasteiger partial charge in [0.1, 0.15) is 17.7 Å². The van der Waals surface area contributed by atoms with E-state index < -0.39 is 6.04 Å². The summed E-state index contributed by atoms with van der Waals surface area (Å²) in [5.41, 5.74) is 1.38. The second kappa shape index (κ2) is 9.97. The zero-order chi connectivity index (χ0) is 20.7. The maximum absolute atomic E-state index is 13.2. The Morgan fingerprint density at radius 3 is 1.93 bits per heavy atom. The van der Waals surface area contributed by atoms with Crippen LogP contribution in [0.2, 0.25) is 0 Å². The van der Waals surface area contributed by atoms with Gasteiger partial charge in [-0.25, -0.2) is 8.78 Å². The Kier molecular flexibility index (Phi) is 7.67. The summed E-state index contributed by atoms with van der Waals surface area (Å²) in [6, 6.07) is 10.8.